The number of aliphatic imine (C=N–C) groups is 1. The molecule has 0 amide bonds. The smallest absolute Gasteiger partial charge is 0.206 e. The first-order chi connectivity index (χ1) is 12.5. The average molecular weight is 364 g/mol. The van der Waals surface area contributed by atoms with E-state index in [-0.39, 0.29) is 5.78 Å². The Morgan fingerprint density at radius 1 is 1.04 bits per heavy atom. The molecule has 0 aromatic heterocycles. The van der Waals surface area contributed by atoms with Gasteiger partial charge in [0.2, 0.25) is 5.78 Å². The molecule has 3 nitrogen and oxygen atoms in total. The van der Waals surface area contributed by atoms with Crippen molar-refractivity contribution in [2.24, 2.45) is 4.99 Å². The Kier molecular flexibility index (Phi) is 4.04. The van der Waals surface area contributed by atoms with E-state index in [0.29, 0.717) is 16.5 Å². The molecule has 4 heteroatoms. The van der Waals surface area contributed by atoms with Gasteiger partial charge >= 0.3 is 0 Å². The summed E-state index contributed by atoms with van der Waals surface area (Å²) >= 11 is 6.01. The number of carbonyl (C=O) groups is 1. The first-order valence-corrected chi connectivity index (χ1v) is 8.87. The topological polar surface area (TPSA) is 38.7 Å². The van der Waals surface area contributed by atoms with Crippen LogP contribution < -0.4 is 0 Å². The van der Waals surface area contributed by atoms with E-state index in [2.05, 4.69) is 4.99 Å². The van der Waals surface area contributed by atoms with Crippen LogP contribution in [0, 0.1) is 0 Å². The SMILES string of the molecule is CC1=N[C@@](C)(c2ccc(Cl)cc2)[C@H](C(=O)c2ccc3ccccc3c2)O1. The number of benzene rings is 3. The van der Waals surface area contributed by atoms with Gasteiger partial charge in [0.05, 0.1) is 0 Å². The Morgan fingerprint density at radius 2 is 1.73 bits per heavy atom. The second kappa shape index (κ2) is 6.26. The Morgan fingerprint density at radius 3 is 2.46 bits per heavy atom. The molecular formula is C22H18ClNO2. The van der Waals surface area contributed by atoms with Crippen LogP contribution in [0.1, 0.15) is 29.8 Å². The summed E-state index contributed by atoms with van der Waals surface area (Å²) in [5, 5.41) is 2.78. The fraction of sp³-hybridized carbons (Fsp3) is 0.182. The second-order valence-corrected chi connectivity index (χ2v) is 7.15. The minimum atomic E-state index is -0.780. The molecular weight excluding hydrogens is 346 g/mol. The van der Waals surface area contributed by atoms with Gasteiger partial charge in [0.25, 0.3) is 0 Å². The maximum atomic E-state index is 13.3. The van der Waals surface area contributed by atoms with Gasteiger partial charge in [0.15, 0.2) is 12.0 Å². The highest BCUT2D eigenvalue weighted by Gasteiger charge is 2.47. The van der Waals surface area contributed by atoms with Gasteiger partial charge in [-0.25, -0.2) is 4.99 Å². The van der Waals surface area contributed by atoms with Crippen molar-refractivity contribution in [3.05, 3.63) is 82.9 Å². The van der Waals surface area contributed by atoms with Gasteiger partial charge < -0.3 is 4.74 Å². The van der Waals surface area contributed by atoms with Crippen LogP contribution in [0.4, 0.5) is 0 Å². The lowest BCUT2D eigenvalue weighted by Crippen LogP contribution is -2.39. The fourth-order valence-electron chi connectivity index (χ4n) is 3.50. The molecule has 4 rings (SSSR count). The molecule has 1 heterocycles. The molecule has 0 saturated carbocycles. The van der Waals surface area contributed by atoms with Gasteiger partial charge in [-0.15, -0.1) is 0 Å². The molecule has 0 saturated heterocycles. The molecule has 26 heavy (non-hydrogen) atoms. The molecule has 0 spiro atoms. The molecule has 2 atom stereocenters. The lowest BCUT2D eigenvalue weighted by Gasteiger charge is -2.27. The number of halogens is 1. The fourth-order valence-corrected chi connectivity index (χ4v) is 3.63. The van der Waals surface area contributed by atoms with Crippen molar-refractivity contribution in [1.82, 2.24) is 0 Å². The standard InChI is InChI=1S/C22H18ClNO2/c1-14-24-22(2,18-9-11-19(23)12-10-18)21(26-14)20(25)17-8-7-15-5-3-4-6-16(15)13-17/h3-13,21H,1-2H3/t21-,22-/m0/s1. The van der Waals surface area contributed by atoms with Gasteiger partial charge in [0, 0.05) is 17.5 Å². The maximum absolute atomic E-state index is 13.3. The molecule has 3 aromatic rings. The normalized spacial score (nSPS) is 22.1. The summed E-state index contributed by atoms with van der Waals surface area (Å²) in [6.45, 7) is 3.71. The second-order valence-electron chi connectivity index (χ2n) is 6.71. The summed E-state index contributed by atoms with van der Waals surface area (Å²) < 4.78 is 5.86. The van der Waals surface area contributed by atoms with Gasteiger partial charge in [-0.05, 0) is 41.5 Å². The predicted octanol–water partition coefficient (Wildman–Crippen LogP) is 5.41. The van der Waals surface area contributed by atoms with Crippen LogP contribution in [0.5, 0.6) is 0 Å². The highest BCUT2D eigenvalue weighted by atomic mass is 35.5. The summed E-state index contributed by atoms with van der Waals surface area (Å²) in [5.74, 6) is 0.440. The van der Waals surface area contributed by atoms with Crippen LogP contribution in [-0.2, 0) is 10.3 Å². The monoisotopic (exact) mass is 363 g/mol. The number of ether oxygens (including phenoxy) is 1. The van der Waals surface area contributed by atoms with E-state index in [1.165, 1.54) is 0 Å². The van der Waals surface area contributed by atoms with Crippen molar-refractivity contribution in [1.29, 1.82) is 0 Å². The van der Waals surface area contributed by atoms with E-state index in [0.717, 1.165) is 16.3 Å². The number of nitrogens with zero attached hydrogens (tertiary/aromatic N) is 1. The summed E-state index contributed by atoms with van der Waals surface area (Å²) in [7, 11) is 0. The van der Waals surface area contributed by atoms with Crippen LogP contribution in [-0.4, -0.2) is 17.8 Å². The van der Waals surface area contributed by atoms with Gasteiger partial charge in [-0.1, -0.05) is 60.1 Å². The largest absolute Gasteiger partial charge is 0.467 e. The molecule has 1 aliphatic heterocycles. The number of carbonyl (C=O) groups excluding carboxylic acids is 1. The molecule has 0 fully saturated rings. The zero-order valence-electron chi connectivity index (χ0n) is 14.6. The summed E-state index contributed by atoms with van der Waals surface area (Å²) in [5.41, 5.74) is 0.744. The highest BCUT2D eigenvalue weighted by molar-refractivity contribution is 6.30. The number of hydrogen-bond donors (Lipinski definition) is 0. The predicted molar refractivity (Wildman–Crippen MR) is 105 cm³/mol. The molecule has 0 unspecified atom stereocenters. The van der Waals surface area contributed by atoms with Gasteiger partial charge in [0.1, 0.15) is 5.54 Å². The Balaban J connectivity index is 1.74. The van der Waals surface area contributed by atoms with Crippen molar-refractivity contribution < 1.29 is 9.53 Å². The summed E-state index contributed by atoms with van der Waals surface area (Å²) in [6.07, 6.45) is -0.704. The van der Waals surface area contributed by atoms with Gasteiger partial charge in [-0.3, -0.25) is 4.79 Å². The molecule has 0 N–H and O–H groups in total. The third-order valence-corrected chi connectivity index (χ3v) is 5.14. The third kappa shape index (κ3) is 2.78. The Hall–Kier alpha value is -2.65. The van der Waals surface area contributed by atoms with Crippen molar-refractivity contribution in [3.63, 3.8) is 0 Å². The van der Waals surface area contributed by atoms with E-state index in [1.54, 1.807) is 6.92 Å². The van der Waals surface area contributed by atoms with E-state index in [4.69, 9.17) is 16.3 Å². The zero-order chi connectivity index (χ0) is 18.3. The van der Waals surface area contributed by atoms with Crippen LogP contribution in [0.3, 0.4) is 0 Å². The van der Waals surface area contributed by atoms with E-state index >= 15 is 0 Å². The molecule has 130 valence electrons. The number of rotatable bonds is 3. The Labute approximate surface area is 157 Å². The van der Waals surface area contributed by atoms with Crippen LogP contribution >= 0.6 is 11.6 Å². The number of ketones is 1. The molecule has 3 aromatic carbocycles. The highest BCUT2D eigenvalue weighted by Crippen LogP contribution is 2.38. The quantitative estimate of drug-likeness (QED) is 0.584. The minimum Gasteiger partial charge on any atom is -0.467 e. The van der Waals surface area contributed by atoms with Gasteiger partial charge in [-0.2, -0.15) is 0 Å². The van der Waals surface area contributed by atoms with Crippen molar-refractivity contribution in [2.45, 2.75) is 25.5 Å². The van der Waals surface area contributed by atoms with Crippen LogP contribution in [0.2, 0.25) is 5.02 Å². The maximum Gasteiger partial charge on any atom is 0.206 e. The molecule has 0 aliphatic carbocycles. The van der Waals surface area contributed by atoms with Crippen molar-refractivity contribution >= 4 is 34.1 Å². The van der Waals surface area contributed by atoms with Crippen LogP contribution in [0.15, 0.2) is 71.7 Å². The number of hydrogen-bond acceptors (Lipinski definition) is 3. The molecule has 0 bridgehead atoms. The zero-order valence-corrected chi connectivity index (χ0v) is 15.3. The third-order valence-electron chi connectivity index (χ3n) is 4.89. The van der Waals surface area contributed by atoms with Crippen LogP contribution in [0.25, 0.3) is 10.8 Å². The van der Waals surface area contributed by atoms with E-state index < -0.39 is 11.6 Å². The first kappa shape index (κ1) is 16.8. The Bertz CT molecular complexity index is 1030. The summed E-state index contributed by atoms with van der Waals surface area (Å²) in [4.78, 5) is 17.9. The van der Waals surface area contributed by atoms with E-state index in [9.17, 15) is 4.79 Å². The lowest BCUT2D eigenvalue weighted by molar-refractivity contribution is 0.0693. The average Bonchev–Trinajstić information content (AvgIpc) is 2.96. The first-order valence-electron chi connectivity index (χ1n) is 8.49. The summed E-state index contributed by atoms with van der Waals surface area (Å²) in [6, 6.07) is 21.1. The molecule has 1 aliphatic rings. The lowest BCUT2D eigenvalue weighted by atomic mass is 9.83. The minimum absolute atomic E-state index is 0.0752. The number of fused-ring (bicyclic) bond motifs is 1. The van der Waals surface area contributed by atoms with Crippen molar-refractivity contribution in [3.8, 4) is 0 Å². The van der Waals surface area contributed by atoms with Crippen molar-refractivity contribution in [2.75, 3.05) is 0 Å². The molecule has 0 radical (unpaired) electrons. The number of Topliss-reactive ketones (excluding diaryl/α,β-unsaturated/α-hetero) is 1. The van der Waals surface area contributed by atoms with E-state index in [1.807, 2.05) is 73.7 Å².